The van der Waals surface area contributed by atoms with Crippen molar-refractivity contribution in [2.45, 2.75) is 0 Å². The van der Waals surface area contributed by atoms with E-state index in [0.717, 1.165) is 0 Å². The molecule has 0 heterocycles. The first-order valence-corrected chi connectivity index (χ1v) is 5.10. The van der Waals surface area contributed by atoms with Crippen molar-refractivity contribution < 1.29 is 22.2 Å². The largest absolute Gasteiger partial charge is 0.307 e. The molecule has 0 aliphatic heterocycles. The van der Waals surface area contributed by atoms with Gasteiger partial charge in [0.15, 0.2) is 0 Å². The molecule has 0 N–H and O–H groups in total. The summed E-state index contributed by atoms with van der Waals surface area (Å²) < 4.78 is 0. The van der Waals surface area contributed by atoms with E-state index in [2.05, 4.69) is 60.7 Å². The quantitative estimate of drug-likeness (QED) is 0.562. The van der Waals surface area contributed by atoms with Gasteiger partial charge in [0, 0.05) is 17.4 Å². The van der Waals surface area contributed by atoms with Gasteiger partial charge in [-0.3, -0.25) is 0 Å². The van der Waals surface area contributed by atoms with Crippen molar-refractivity contribution in [3.63, 3.8) is 0 Å². The Kier molecular flexibility index (Phi) is 4.90. The van der Waals surface area contributed by atoms with Crippen molar-refractivity contribution in [2.24, 2.45) is 0 Å². The van der Waals surface area contributed by atoms with Gasteiger partial charge in [0.25, 0.3) is 0 Å². The Morgan fingerprint density at radius 1 is 0.588 bits per heavy atom. The summed E-state index contributed by atoms with van der Waals surface area (Å²) in [6, 6.07) is 21.4. The number of fused-ring (bicyclic) bond motifs is 3. The van der Waals surface area contributed by atoms with E-state index in [0.29, 0.717) is 0 Å². The van der Waals surface area contributed by atoms with Crippen LogP contribution in [0.2, 0.25) is 0 Å². The topological polar surface area (TPSA) is 17.1 Å². The van der Waals surface area contributed by atoms with Crippen LogP contribution in [-0.4, -0.2) is 6.79 Å². The molecule has 0 aromatic heterocycles. The third-order valence-corrected chi connectivity index (χ3v) is 2.65. The average Bonchev–Trinajstić information content (AvgIpc) is 2.41. The maximum Gasteiger partial charge on any atom is 0.106 e. The van der Waals surface area contributed by atoms with Crippen LogP contribution in [0.4, 0.5) is 0 Å². The van der Waals surface area contributed by atoms with Crippen molar-refractivity contribution in [1.82, 2.24) is 0 Å². The Bertz CT molecular complexity index is 564. The summed E-state index contributed by atoms with van der Waals surface area (Å²) in [6.45, 7) is 2.00. The summed E-state index contributed by atoms with van der Waals surface area (Å²) >= 11 is 0. The predicted molar refractivity (Wildman–Crippen MR) is 68.6 cm³/mol. The van der Waals surface area contributed by atoms with Crippen LogP contribution >= 0.6 is 0 Å². The van der Waals surface area contributed by atoms with E-state index in [4.69, 9.17) is 4.79 Å². The molecule has 0 saturated carbocycles. The van der Waals surface area contributed by atoms with Crippen LogP contribution in [0.5, 0.6) is 0 Å². The number of carbonyl (C=O) groups is 1. The molecule has 0 atom stereocenters. The molecular weight excluding hydrogens is 248 g/mol. The summed E-state index contributed by atoms with van der Waals surface area (Å²) in [5.41, 5.74) is 0. The van der Waals surface area contributed by atoms with Gasteiger partial charge >= 0.3 is 0 Å². The molecule has 0 amide bonds. The third kappa shape index (κ3) is 2.55. The summed E-state index contributed by atoms with van der Waals surface area (Å²) in [6.07, 6.45) is 0. The molecule has 17 heavy (non-hydrogen) atoms. The van der Waals surface area contributed by atoms with Gasteiger partial charge in [-0.25, -0.2) is 0 Å². The Morgan fingerprint density at radius 2 is 0.941 bits per heavy atom. The molecule has 3 aromatic rings. The van der Waals surface area contributed by atoms with Gasteiger partial charge in [-0.05, 0) is 21.5 Å². The number of hydrogen-bond acceptors (Lipinski definition) is 1. The van der Waals surface area contributed by atoms with Crippen LogP contribution in [0.15, 0.2) is 60.7 Å². The first kappa shape index (κ1) is 13.4. The van der Waals surface area contributed by atoms with Crippen LogP contribution in [0.25, 0.3) is 21.5 Å². The maximum atomic E-state index is 8.00. The molecule has 0 saturated heterocycles. The minimum atomic E-state index is 0. The van der Waals surface area contributed by atoms with Crippen LogP contribution in [0.1, 0.15) is 0 Å². The molecule has 3 rings (SSSR count). The Morgan fingerprint density at radius 3 is 1.35 bits per heavy atom. The minimum absolute atomic E-state index is 0. The van der Waals surface area contributed by atoms with E-state index in [1.54, 1.807) is 0 Å². The molecule has 84 valence electrons. The van der Waals surface area contributed by atoms with Crippen LogP contribution in [0.3, 0.4) is 0 Å². The summed E-state index contributed by atoms with van der Waals surface area (Å²) in [4.78, 5) is 8.00. The van der Waals surface area contributed by atoms with Gasteiger partial charge in [-0.15, -0.1) is 0 Å². The first-order valence-electron chi connectivity index (χ1n) is 5.10. The fourth-order valence-electron chi connectivity index (χ4n) is 1.95. The van der Waals surface area contributed by atoms with Crippen molar-refractivity contribution in [3.05, 3.63) is 60.7 Å². The predicted octanol–water partition coefficient (Wildman–Crippen LogP) is 3.81. The number of benzene rings is 3. The average molecular weight is 260 g/mol. The SMILES string of the molecule is C=O.[Cr].c1ccc2c(c1)ccc1ccccc12. The number of carbonyl (C=O) groups excluding carboxylic acids is 1. The Balaban J connectivity index is 0.000000459. The van der Waals surface area contributed by atoms with Gasteiger partial charge in [0.1, 0.15) is 6.79 Å². The minimum Gasteiger partial charge on any atom is -0.307 e. The van der Waals surface area contributed by atoms with E-state index in [1.807, 2.05) is 6.79 Å². The fourth-order valence-corrected chi connectivity index (χ4v) is 1.95. The molecular formula is C15H12CrO. The fraction of sp³-hybridized carbons (Fsp3) is 0. The van der Waals surface area contributed by atoms with E-state index >= 15 is 0 Å². The molecule has 0 bridgehead atoms. The second kappa shape index (κ2) is 6.20. The van der Waals surface area contributed by atoms with E-state index < -0.39 is 0 Å². The van der Waals surface area contributed by atoms with Crippen molar-refractivity contribution >= 4 is 28.3 Å². The second-order valence-electron chi connectivity index (χ2n) is 3.51. The zero-order valence-electron chi connectivity index (χ0n) is 9.30. The Labute approximate surface area is 111 Å². The first-order chi connectivity index (χ1) is 7.95. The summed E-state index contributed by atoms with van der Waals surface area (Å²) in [5.74, 6) is 0. The second-order valence-corrected chi connectivity index (χ2v) is 3.51. The smallest absolute Gasteiger partial charge is 0.106 e. The number of rotatable bonds is 0. The van der Waals surface area contributed by atoms with Crippen LogP contribution < -0.4 is 0 Å². The Hall–Kier alpha value is -1.62. The van der Waals surface area contributed by atoms with Gasteiger partial charge in [-0.2, -0.15) is 0 Å². The maximum absolute atomic E-state index is 8.00. The molecule has 2 heteroatoms. The van der Waals surface area contributed by atoms with Crippen LogP contribution in [0, 0.1) is 0 Å². The van der Waals surface area contributed by atoms with E-state index in [-0.39, 0.29) is 17.4 Å². The third-order valence-electron chi connectivity index (χ3n) is 2.65. The molecule has 0 radical (unpaired) electrons. The van der Waals surface area contributed by atoms with Gasteiger partial charge < -0.3 is 4.79 Å². The van der Waals surface area contributed by atoms with Crippen molar-refractivity contribution in [2.75, 3.05) is 0 Å². The van der Waals surface area contributed by atoms with Gasteiger partial charge in [0.2, 0.25) is 0 Å². The molecule has 1 nitrogen and oxygen atoms in total. The van der Waals surface area contributed by atoms with Gasteiger partial charge in [0.05, 0.1) is 0 Å². The standard InChI is InChI=1S/C14H10.CH2O.Cr/c1-3-7-13-11(5-1)9-10-12-6-2-4-8-14(12)13;1-2;/h1-10H;1H2;. The monoisotopic (exact) mass is 260 g/mol. The molecule has 0 aliphatic rings. The summed E-state index contributed by atoms with van der Waals surface area (Å²) in [5, 5.41) is 5.30. The molecule has 0 spiro atoms. The van der Waals surface area contributed by atoms with Crippen molar-refractivity contribution in [1.29, 1.82) is 0 Å². The zero-order valence-corrected chi connectivity index (χ0v) is 10.6. The van der Waals surface area contributed by atoms with Crippen molar-refractivity contribution in [3.8, 4) is 0 Å². The van der Waals surface area contributed by atoms with E-state index in [1.165, 1.54) is 21.5 Å². The summed E-state index contributed by atoms with van der Waals surface area (Å²) in [7, 11) is 0. The number of hydrogen-bond donors (Lipinski definition) is 0. The van der Waals surface area contributed by atoms with Gasteiger partial charge in [-0.1, -0.05) is 60.7 Å². The van der Waals surface area contributed by atoms with Crippen LogP contribution in [-0.2, 0) is 22.2 Å². The molecule has 3 aromatic carbocycles. The normalized spacial score (nSPS) is 9.18. The van der Waals surface area contributed by atoms with E-state index in [9.17, 15) is 0 Å². The molecule has 0 unspecified atom stereocenters. The zero-order chi connectivity index (χ0) is 11.4. The molecule has 0 fully saturated rings. The molecule has 0 aliphatic carbocycles.